The number of aryl methyl sites for hydroxylation is 1. The number of nitrogens with two attached hydrogens (primary N) is 1. The Morgan fingerprint density at radius 2 is 1.88 bits per heavy atom. The second kappa shape index (κ2) is 7.39. The van der Waals surface area contributed by atoms with Crippen molar-refractivity contribution < 1.29 is 22.4 Å². The van der Waals surface area contributed by atoms with Gasteiger partial charge in [-0.15, -0.1) is 0 Å². The number of hydrogen-bond acceptors (Lipinski definition) is 6. The van der Waals surface area contributed by atoms with Crippen molar-refractivity contribution in [2.75, 3.05) is 12.8 Å². The molecule has 0 saturated carbocycles. The van der Waals surface area contributed by atoms with E-state index < -0.39 is 29.6 Å². The molecule has 0 aliphatic carbocycles. The minimum absolute atomic E-state index is 0.124. The Morgan fingerprint density at radius 3 is 2.50 bits per heavy atom. The monoisotopic (exact) mass is 447 g/mol. The first-order valence-electron chi connectivity index (χ1n) is 9.35. The SMILES string of the molecule is C[C@H](c1cnc(C(F)(F)F)cn1)N(C)C(=O)c1cc2c(cc1F)nc(N)c1cnn(C)c12. The minimum atomic E-state index is -4.63. The molecule has 1 amide bonds. The van der Waals surface area contributed by atoms with Crippen LogP contribution in [0.15, 0.2) is 30.7 Å². The maximum Gasteiger partial charge on any atom is 0.434 e. The van der Waals surface area contributed by atoms with E-state index in [1.165, 1.54) is 24.2 Å². The van der Waals surface area contributed by atoms with Crippen LogP contribution in [0.3, 0.4) is 0 Å². The van der Waals surface area contributed by atoms with Crippen molar-refractivity contribution in [1.82, 2.24) is 29.6 Å². The van der Waals surface area contributed by atoms with E-state index in [1.54, 1.807) is 18.7 Å². The van der Waals surface area contributed by atoms with Crippen LogP contribution in [0.5, 0.6) is 0 Å². The van der Waals surface area contributed by atoms with E-state index in [0.29, 0.717) is 22.5 Å². The molecule has 2 N–H and O–H groups in total. The predicted octanol–water partition coefficient (Wildman–Crippen LogP) is 3.48. The largest absolute Gasteiger partial charge is 0.434 e. The molecule has 0 spiro atoms. The van der Waals surface area contributed by atoms with Crippen molar-refractivity contribution in [3.05, 3.63) is 53.5 Å². The molecule has 0 unspecified atom stereocenters. The molecule has 1 atom stereocenters. The fourth-order valence-electron chi connectivity index (χ4n) is 3.41. The van der Waals surface area contributed by atoms with Crippen LogP contribution in [0.25, 0.3) is 21.8 Å². The fourth-order valence-corrected chi connectivity index (χ4v) is 3.41. The van der Waals surface area contributed by atoms with Gasteiger partial charge < -0.3 is 10.6 Å². The highest BCUT2D eigenvalue weighted by Crippen LogP contribution is 2.31. The van der Waals surface area contributed by atoms with Crippen LogP contribution >= 0.6 is 0 Å². The first-order chi connectivity index (χ1) is 15.0. The van der Waals surface area contributed by atoms with Gasteiger partial charge in [0.25, 0.3) is 5.91 Å². The third kappa shape index (κ3) is 3.47. The van der Waals surface area contributed by atoms with Crippen LogP contribution in [-0.2, 0) is 13.2 Å². The second-order valence-electron chi connectivity index (χ2n) is 7.29. The van der Waals surface area contributed by atoms with E-state index in [0.717, 1.165) is 12.3 Å². The summed E-state index contributed by atoms with van der Waals surface area (Å²) in [7, 11) is 3.08. The van der Waals surface area contributed by atoms with Crippen LogP contribution in [0.1, 0.15) is 34.7 Å². The summed E-state index contributed by atoms with van der Waals surface area (Å²) in [4.78, 5) is 25.5. The molecule has 3 aromatic heterocycles. The van der Waals surface area contributed by atoms with Crippen LogP contribution in [0, 0.1) is 5.82 Å². The smallest absolute Gasteiger partial charge is 0.383 e. The number of carbonyl (C=O) groups excluding carboxylic acids is 1. The van der Waals surface area contributed by atoms with E-state index in [2.05, 4.69) is 20.1 Å². The first-order valence-corrected chi connectivity index (χ1v) is 9.35. The van der Waals surface area contributed by atoms with Gasteiger partial charge in [-0.2, -0.15) is 18.3 Å². The van der Waals surface area contributed by atoms with Gasteiger partial charge in [0.2, 0.25) is 0 Å². The predicted molar refractivity (Wildman–Crippen MR) is 108 cm³/mol. The zero-order valence-corrected chi connectivity index (χ0v) is 17.1. The van der Waals surface area contributed by atoms with E-state index in [-0.39, 0.29) is 22.6 Å². The highest BCUT2D eigenvalue weighted by molar-refractivity contribution is 6.10. The summed E-state index contributed by atoms with van der Waals surface area (Å²) in [5.74, 6) is -1.31. The number of nitrogens with zero attached hydrogens (tertiary/aromatic N) is 6. The number of rotatable bonds is 3. The van der Waals surface area contributed by atoms with Gasteiger partial charge in [0.1, 0.15) is 11.6 Å². The number of nitrogen functional groups attached to an aromatic ring is 1. The molecule has 1 aromatic carbocycles. The molecular weight excluding hydrogens is 430 g/mol. The molecule has 0 fully saturated rings. The van der Waals surface area contributed by atoms with E-state index in [1.807, 2.05) is 0 Å². The second-order valence-corrected chi connectivity index (χ2v) is 7.29. The minimum Gasteiger partial charge on any atom is -0.383 e. The number of alkyl halides is 3. The topological polar surface area (TPSA) is 103 Å². The first kappa shape index (κ1) is 21.4. The van der Waals surface area contributed by atoms with Gasteiger partial charge in [-0.05, 0) is 13.0 Å². The lowest BCUT2D eigenvalue weighted by Crippen LogP contribution is -2.31. The summed E-state index contributed by atoms with van der Waals surface area (Å²) in [5.41, 5.74) is 5.52. The van der Waals surface area contributed by atoms with E-state index in [4.69, 9.17) is 5.73 Å². The molecular formula is C20H17F4N7O. The molecule has 0 aliphatic rings. The number of hydrogen-bond donors (Lipinski definition) is 1. The number of fused-ring (bicyclic) bond motifs is 3. The maximum absolute atomic E-state index is 14.8. The summed E-state index contributed by atoms with van der Waals surface area (Å²) < 4.78 is 54.5. The van der Waals surface area contributed by atoms with Crippen molar-refractivity contribution in [3.8, 4) is 0 Å². The van der Waals surface area contributed by atoms with Gasteiger partial charge in [0, 0.05) is 25.5 Å². The van der Waals surface area contributed by atoms with Gasteiger partial charge in [-0.25, -0.2) is 14.4 Å². The maximum atomic E-state index is 14.8. The van der Waals surface area contributed by atoms with Crippen molar-refractivity contribution in [3.63, 3.8) is 0 Å². The zero-order chi connectivity index (χ0) is 23.4. The molecule has 8 nitrogen and oxygen atoms in total. The molecule has 0 aliphatic heterocycles. The van der Waals surface area contributed by atoms with Crippen molar-refractivity contribution in [2.24, 2.45) is 7.05 Å². The lowest BCUT2D eigenvalue weighted by Gasteiger charge is -2.25. The van der Waals surface area contributed by atoms with Crippen LogP contribution in [0.2, 0.25) is 0 Å². The number of amides is 1. The standard InChI is InChI=1S/C20H17F4N7O/c1-9(15-7-27-16(8-26-15)20(22,23)24)30(2)19(32)10-4-11-14(5-13(10)21)29-18(25)12-6-28-31(3)17(11)12/h4-9H,1-3H3,(H2,25,29)/t9-/m1/s1. The average molecular weight is 447 g/mol. The van der Waals surface area contributed by atoms with E-state index in [9.17, 15) is 22.4 Å². The summed E-state index contributed by atoms with van der Waals surface area (Å²) in [6, 6.07) is 1.71. The van der Waals surface area contributed by atoms with Gasteiger partial charge in [-0.3, -0.25) is 14.5 Å². The Hall–Kier alpha value is -3.83. The Labute approximate surface area is 178 Å². The highest BCUT2D eigenvalue weighted by atomic mass is 19.4. The molecule has 0 bridgehead atoms. The van der Waals surface area contributed by atoms with Crippen LogP contribution in [-0.4, -0.2) is 42.6 Å². The van der Waals surface area contributed by atoms with Crippen molar-refractivity contribution >= 4 is 33.5 Å². The fraction of sp³-hybridized carbons (Fsp3) is 0.250. The Bertz CT molecular complexity index is 1350. The quantitative estimate of drug-likeness (QED) is 0.483. The Morgan fingerprint density at radius 1 is 1.16 bits per heavy atom. The lowest BCUT2D eigenvalue weighted by molar-refractivity contribution is -0.141. The molecule has 12 heteroatoms. The summed E-state index contributed by atoms with van der Waals surface area (Å²) in [5, 5.41) is 5.19. The third-order valence-corrected chi connectivity index (χ3v) is 5.32. The Kier molecular flexibility index (Phi) is 4.94. The number of carbonyl (C=O) groups is 1. The average Bonchev–Trinajstić information content (AvgIpc) is 3.14. The molecule has 3 heterocycles. The van der Waals surface area contributed by atoms with Crippen molar-refractivity contribution in [1.29, 1.82) is 0 Å². The number of halogens is 4. The molecule has 32 heavy (non-hydrogen) atoms. The van der Waals surface area contributed by atoms with Gasteiger partial charge in [0.05, 0.1) is 52.3 Å². The molecule has 0 radical (unpaired) electrons. The highest BCUT2D eigenvalue weighted by Gasteiger charge is 2.33. The van der Waals surface area contributed by atoms with Gasteiger partial charge >= 0.3 is 6.18 Å². The summed E-state index contributed by atoms with van der Waals surface area (Å²) >= 11 is 0. The summed E-state index contributed by atoms with van der Waals surface area (Å²) in [6.45, 7) is 1.55. The number of pyridine rings is 1. The Balaban J connectivity index is 1.72. The molecule has 166 valence electrons. The van der Waals surface area contributed by atoms with Crippen LogP contribution in [0.4, 0.5) is 23.4 Å². The normalized spacial score (nSPS) is 13.0. The third-order valence-electron chi connectivity index (χ3n) is 5.32. The number of benzene rings is 1. The number of aromatic nitrogens is 5. The van der Waals surface area contributed by atoms with Crippen LogP contribution < -0.4 is 5.73 Å². The van der Waals surface area contributed by atoms with Gasteiger partial charge in [-0.1, -0.05) is 0 Å². The van der Waals surface area contributed by atoms with E-state index >= 15 is 0 Å². The summed E-state index contributed by atoms with van der Waals surface area (Å²) in [6.07, 6.45) is -1.56. The number of anilines is 1. The van der Waals surface area contributed by atoms with Gasteiger partial charge in [0.15, 0.2) is 5.69 Å². The van der Waals surface area contributed by atoms with Crippen molar-refractivity contribution in [2.45, 2.75) is 19.1 Å². The molecule has 0 saturated heterocycles. The molecule has 4 aromatic rings. The molecule has 4 rings (SSSR count). The lowest BCUT2D eigenvalue weighted by atomic mass is 10.1. The zero-order valence-electron chi connectivity index (χ0n) is 17.1.